The van der Waals surface area contributed by atoms with Crippen LogP contribution in [0.1, 0.15) is 38.6 Å². The SMILES string of the molecule is CCN(CC)CC.O=S(=O)([O-])CCCN1/C(=C/c2sc3ccc4ccccc4c3[n+]2CCCS(=O)(=O)[O-])Sc2ccccc21. The second-order valence-corrected chi connectivity index (χ2v) is 15.5. The molecule has 2 heterocycles. The molecule has 0 saturated heterocycles. The minimum absolute atomic E-state index is 0.181. The van der Waals surface area contributed by atoms with Crippen LogP contribution < -0.4 is 9.47 Å². The highest BCUT2D eigenvalue weighted by Gasteiger charge is 2.28. The number of anilines is 1. The first-order chi connectivity index (χ1) is 20.9. The van der Waals surface area contributed by atoms with Crippen LogP contribution in [0.3, 0.4) is 0 Å². The third-order valence-electron chi connectivity index (χ3n) is 7.39. The maximum absolute atomic E-state index is 11.3. The summed E-state index contributed by atoms with van der Waals surface area (Å²) in [6.07, 6.45) is 2.39. The summed E-state index contributed by atoms with van der Waals surface area (Å²) in [5.41, 5.74) is 1.92. The molecule has 13 heteroatoms. The Labute approximate surface area is 268 Å². The number of aryl methyl sites for hydroxylation is 1. The highest BCUT2D eigenvalue weighted by molar-refractivity contribution is 8.04. The van der Waals surface area contributed by atoms with Gasteiger partial charge in [-0.05, 0) is 55.7 Å². The predicted octanol–water partition coefficient (Wildman–Crippen LogP) is 5.47. The van der Waals surface area contributed by atoms with E-state index in [4.69, 9.17) is 0 Å². The van der Waals surface area contributed by atoms with Gasteiger partial charge in [0, 0.05) is 29.4 Å². The fourth-order valence-electron chi connectivity index (χ4n) is 5.17. The van der Waals surface area contributed by atoms with Crippen LogP contribution in [0.5, 0.6) is 0 Å². The number of aromatic nitrogens is 1. The van der Waals surface area contributed by atoms with Crippen molar-refractivity contribution in [3.05, 3.63) is 70.7 Å². The topological polar surface area (TPSA) is 125 Å². The first kappa shape index (κ1) is 34.4. The summed E-state index contributed by atoms with van der Waals surface area (Å²) < 4.78 is 70.5. The van der Waals surface area contributed by atoms with E-state index in [-0.39, 0.29) is 12.8 Å². The Hall–Kier alpha value is -2.52. The van der Waals surface area contributed by atoms with Crippen molar-refractivity contribution in [1.82, 2.24) is 4.90 Å². The first-order valence-corrected chi connectivity index (χ1v) is 19.4. The van der Waals surface area contributed by atoms with E-state index in [9.17, 15) is 25.9 Å². The van der Waals surface area contributed by atoms with E-state index >= 15 is 0 Å². The molecule has 1 aliphatic rings. The lowest BCUT2D eigenvalue weighted by atomic mass is 10.1. The number of benzene rings is 3. The van der Waals surface area contributed by atoms with Gasteiger partial charge >= 0.3 is 0 Å². The number of thiazole rings is 1. The Bertz CT molecular complexity index is 1830. The van der Waals surface area contributed by atoms with Crippen LogP contribution in [0.25, 0.3) is 27.1 Å². The van der Waals surface area contributed by atoms with Gasteiger partial charge in [-0.25, -0.2) is 16.8 Å². The van der Waals surface area contributed by atoms with Crippen molar-refractivity contribution in [1.29, 1.82) is 0 Å². The number of nitrogens with zero attached hydrogens (tertiary/aromatic N) is 3. The van der Waals surface area contributed by atoms with Gasteiger partial charge < -0.3 is 18.9 Å². The highest BCUT2D eigenvalue weighted by Crippen LogP contribution is 2.47. The van der Waals surface area contributed by atoms with Crippen molar-refractivity contribution in [2.24, 2.45) is 0 Å². The van der Waals surface area contributed by atoms with Crippen LogP contribution in [0.2, 0.25) is 0 Å². The van der Waals surface area contributed by atoms with Crippen LogP contribution in [0.4, 0.5) is 5.69 Å². The lowest BCUT2D eigenvalue weighted by Gasteiger charge is -2.20. The van der Waals surface area contributed by atoms with E-state index in [0.29, 0.717) is 13.1 Å². The molecule has 0 bridgehead atoms. The maximum atomic E-state index is 11.3. The third kappa shape index (κ3) is 9.03. The Morgan fingerprint density at radius 1 is 0.841 bits per heavy atom. The van der Waals surface area contributed by atoms with Crippen LogP contribution in [-0.2, 0) is 26.8 Å². The van der Waals surface area contributed by atoms with Crippen molar-refractivity contribution in [2.45, 2.75) is 45.1 Å². The molecule has 238 valence electrons. The lowest BCUT2D eigenvalue weighted by Crippen LogP contribution is -2.36. The fraction of sp³-hybridized carbons (Fsp3) is 0.387. The van der Waals surface area contributed by atoms with Gasteiger partial charge in [0.2, 0.25) is 5.52 Å². The number of hydrogen-bond donors (Lipinski definition) is 0. The number of para-hydroxylation sites is 1. The highest BCUT2D eigenvalue weighted by atomic mass is 32.2. The lowest BCUT2D eigenvalue weighted by molar-refractivity contribution is -0.667. The fourth-order valence-corrected chi connectivity index (χ4v) is 8.48. The minimum atomic E-state index is -4.34. The molecular formula is C31H38N3O6S4-. The molecule has 1 aliphatic heterocycles. The van der Waals surface area contributed by atoms with E-state index in [1.807, 2.05) is 71.6 Å². The van der Waals surface area contributed by atoms with Gasteiger partial charge in [-0.3, -0.25) is 0 Å². The zero-order chi connectivity index (χ0) is 31.9. The molecule has 0 atom stereocenters. The first-order valence-electron chi connectivity index (χ1n) is 14.6. The molecule has 0 unspecified atom stereocenters. The average molecular weight is 677 g/mol. The zero-order valence-corrected chi connectivity index (χ0v) is 28.4. The van der Waals surface area contributed by atoms with E-state index in [1.54, 1.807) is 23.1 Å². The number of rotatable bonds is 12. The summed E-state index contributed by atoms with van der Waals surface area (Å²) in [4.78, 5) is 5.41. The summed E-state index contributed by atoms with van der Waals surface area (Å²) in [5, 5.41) is 3.85. The summed E-state index contributed by atoms with van der Waals surface area (Å²) in [7, 11) is -8.65. The minimum Gasteiger partial charge on any atom is -0.748 e. The monoisotopic (exact) mass is 676 g/mol. The average Bonchev–Trinajstić information content (AvgIpc) is 3.51. The second kappa shape index (κ2) is 15.2. The van der Waals surface area contributed by atoms with Crippen molar-refractivity contribution in [2.75, 3.05) is 42.6 Å². The van der Waals surface area contributed by atoms with Gasteiger partial charge in [0.1, 0.15) is 4.70 Å². The largest absolute Gasteiger partial charge is 0.748 e. The number of fused-ring (bicyclic) bond motifs is 4. The molecule has 0 amide bonds. The normalized spacial score (nSPS) is 14.4. The Balaban J connectivity index is 0.000000566. The molecule has 3 aromatic carbocycles. The summed E-state index contributed by atoms with van der Waals surface area (Å²) in [6.45, 7) is 10.8. The van der Waals surface area contributed by atoms with Crippen molar-refractivity contribution >= 4 is 76.1 Å². The maximum Gasteiger partial charge on any atom is 0.265 e. The predicted molar refractivity (Wildman–Crippen MR) is 179 cm³/mol. The number of hydrogen-bond acceptors (Lipinski definition) is 10. The van der Waals surface area contributed by atoms with Crippen molar-refractivity contribution in [3.63, 3.8) is 0 Å². The van der Waals surface area contributed by atoms with Gasteiger partial charge in [-0.2, -0.15) is 4.57 Å². The van der Waals surface area contributed by atoms with Crippen LogP contribution in [0.15, 0.2) is 70.6 Å². The molecule has 0 radical (unpaired) electrons. The Kier molecular flexibility index (Phi) is 11.8. The van der Waals surface area contributed by atoms with E-state index in [1.165, 1.54) is 19.6 Å². The summed E-state index contributed by atoms with van der Waals surface area (Å²) in [6, 6.07) is 19.9. The molecule has 4 aromatic rings. The Morgan fingerprint density at radius 3 is 2.14 bits per heavy atom. The van der Waals surface area contributed by atoms with Gasteiger partial charge in [0.15, 0.2) is 6.54 Å². The molecule has 0 saturated carbocycles. The van der Waals surface area contributed by atoms with Gasteiger partial charge in [-0.1, -0.05) is 80.3 Å². The van der Waals surface area contributed by atoms with Gasteiger partial charge in [0.25, 0.3) is 5.01 Å². The molecule has 44 heavy (non-hydrogen) atoms. The van der Waals surface area contributed by atoms with Crippen molar-refractivity contribution in [3.8, 4) is 0 Å². The molecular weight excluding hydrogens is 639 g/mol. The van der Waals surface area contributed by atoms with E-state index in [2.05, 4.69) is 30.2 Å². The molecule has 0 fully saturated rings. The Morgan fingerprint density at radius 2 is 1.48 bits per heavy atom. The molecule has 5 rings (SSSR count). The zero-order valence-electron chi connectivity index (χ0n) is 25.1. The molecule has 0 spiro atoms. The van der Waals surface area contributed by atoms with Gasteiger partial charge in [-0.15, -0.1) is 0 Å². The molecule has 9 nitrogen and oxygen atoms in total. The van der Waals surface area contributed by atoms with Crippen LogP contribution in [-0.4, -0.2) is 68.5 Å². The second-order valence-electron chi connectivity index (χ2n) is 10.3. The van der Waals surface area contributed by atoms with E-state index in [0.717, 1.165) is 41.6 Å². The van der Waals surface area contributed by atoms with Gasteiger partial charge in [0.05, 0.1) is 42.4 Å². The van der Waals surface area contributed by atoms with Crippen LogP contribution >= 0.6 is 23.1 Å². The summed E-state index contributed by atoms with van der Waals surface area (Å²) in [5.74, 6) is -0.893. The smallest absolute Gasteiger partial charge is 0.265 e. The van der Waals surface area contributed by atoms with Crippen molar-refractivity contribution < 1.29 is 30.5 Å². The quantitative estimate of drug-likeness (QED) is 0.142. The standard InChI is InChI=1S/C25H24N2O6S4.C6H15N/c28-36(29,30)15-5-13-26-20-9-3-4-10-21(20)34-23(26)17-24-27(14-6-16-37(31,32)33)25-19-8-2-1-7-18(19)11-12-22(25)35-24;1-4-7(5-2)6-3/h1-4,7-12,17H,5-6,13-16H2,(H-,28,29,30,31,32,33);4-6H2,1-3H3/p-1. The van der Waals surface area contributed by atoms with E-state index < -0.39 is 31.7 Å². The molecule has 0 N–H and O–H groups in total. The third-order valence-corrected chi connectivity index (χ3v) is 11.2. The van der Waals surface area contributed by atoms with Crippen LogP contribution in [0, 0.1) is 0 Å². The molecule has 0 aliphatic carbocycles. The number of thioether (sulfide) groups is 1. The summed E-state index contributed by atoms with van der Waals surface area (Å²) >= 11 is 3.12. The molecule has 1 aromatic heterocycles.